The number of allylic oxidation sites excluding steroid dienone is 1. The predicted molar refractivity (Wildman–Crippen MR) is 88.6 cm³/mol. The summed E-state index contributed by atoms with van der Waals surface area (Å²) < 4.78 is 0.995. The summed E-state index contributed by atoms with van der Waals surface area (Å²) in [5.41, 5.74) is 1.39. The Morgan fingerprint density at radius 1 is 1.33 bits per heavy atom. The maximum atomic E-state index is 12.2. The average molecular weight is 371 g/mol. The van der Waals surface area contributed by atoms with Crippen LogP contribution < -0.4 is 5.32 Å². The first-order valence-corrected chi connectivity index (χ1v) is 8.59. The molecular weight excluding hydrogens is 352 g/mol. The van der Waals surface area contributed by atoms with Gasteiger partial charge in [-0.2, -0.15) is 11.3 Å². The summed E-state index contributed by atoms with van der Waals surface area (Å²) in [4.78, 5) is 26.4. The van der Waals surface area contributed by atoms with E-state index in [1.165, 1.54) is 0 Å². The molecule has 21 heavy (non-hydrogen) atoms. The molecule has 1 aliphatic carbocycles. The van der Waals surface area contributed by atoms with Crippen molar-refractivity contribution in [2.24, 2.45) is 0 Å². The quantitative estimate of drug-likeness (QED) is 0.491. The molecule has 1 aromatic rings. The van der Waals surface area contributed by atoms with Gasteiger partial charge in [0.05, 0.1) is 5.57 Å². The van der Waals surface area contributed by atoms with E-state index in [1.54, 1.807) is 17.5 Å². The number of rotatable bonds is 5. The van der Waals surface area contributed by atoms with Gasteiger partial charge in [-0.25, -0.2) is 0 Å². The zero-order valence-corrected chi connectivity index (χ0v) is 14.6. The van der Waals surface area contributed by atoms with Crippen LogP contribution in [0.25, 0.3) is 0 Å². The number of likely N-dealkylation sites (N-methyl/N-ethyl adjacent to an activating group) is 1. The number of carbonyl (C=O) groups excluding carboxylic acids is 2. The molecule has 1 N–H and O–H groups in total. The first-order valence-electron chi connectivity index (χ1n) is 6.85. The third-order valence-corrected chi connectivity index (χ3v) is 5.25. The van der Waals surface area contributed by atoms with Crippen LogP contribution in [0.15, 0.2) is 27.0 Å². The fraction of sp³-hybridized carbons (Fsp3) is 0.467. The van der Waals surface area contributed by atoms with Gasteiger partial charge in [0.25, 0.3) is 0 Å². The number of hydrogen-bond acceptors (Lipinski definition) is 5. The third kappa shape index (κ3) is 4.25. The Morgan fingerprint density at radius 3 is 2.52 bits per heavy atom. The first-order chi connectivity index (χ1) is 9.99. The minimum atomic E-state index is -0.0632. The lowest BCUT2D eigenvalue weighted by Gasteiger charge is -2.22. The van der Waals surface area contributed by atoms with Crippen LogP contribution in [0.5, 0.6) is 0 Å². The molecule has 0 aliphatic heterocycles. The van der Waals surface area contributed by atoms with Crippen LogP contribution in [0, 0.1) is 0 Å². The van der Waals surface area contributed by atoms with Gasteiger partial charge in [0.2, 0.25) is 0 Å². The number of ketones is 2. The Hall–Kier alpha value is -0.980. The van der Waals surface area contributed by atoms with E-state index in [4.69, 9.17) is 0 Å². The molecule has 1 saturated carbocycles. The van der Waals surface area contributed by atoms with E-state index >= 15 is 0 Å². The van der Waals surface area contributed by atoms with Crippen LogP contribution in [-0.4, -0.2) is 43.7 Å². The van der Waals surface area contributed by atoms with Gasteiger partial charge >= 0.3 is 0 Å². The first kappa shape index (κ1) is 16.4. The lowest BCUT2D eigenvalue weighted by atomic mass is 9.81. The SMILES string of the molecule is CN(C)CCNC=C1C(=O)CC(c2cscc2Br)CC1=O. The van der Waals surface area contributed by atoms with Crippen molar-refractivity contribution in [1.82, 2.24) is 10.2 Å². The highest BCUT2D eigenvalue weighted by Crippen LogP contribution is 2.37. The molecule has 0 spiro atoms. The van der Waals surface area contributed by atoms with Gasteiger partial charge in [-0.05, 0) is 41.0 Å². The molecule has 114 valence electrons. The van der Waals surface area contributed by atoms with Crippen molar-refractivity contribution in [3.63, 3.8) is 0 Å². The summed E-state index contributed by atoms with van der Waals surface area (Å²) in [6.45, 7) is 1.58. The molecule has 0 saturated heterocycles. The van der Waals surface area contributed by atoms with E-state index in [2.05, 4.69) is 21.2 Å². The number of hydrogen-bond donors (Lipinski definition) is 1. The minimum Gasteiger partial charge on any atom is -0.389 e. The topological polar surface area (TPSA) is 49.4 Å². The monoisotopic (exact) mass is 370 g/mol. The van der Waals surface area contributed by atoms with Crippen molar-refractivity contribution in [1.29, 1.82) is 0 Å². The van der Waals surface area contributed by atoms with Crippen molar-refractivity contribution < 1.29 is 9.59 Å². The summed E-state index contributed by atoms with van der Waals surface area (Å²) >= 11 is 5.06. The summed E-state index contributed by atoms with van der Waals surface area (Å²) in [6, 6.07) is 0. The lowest BCUT2D eigenvalue weighted by Crippen LogP contribution is -2.28. The molecule has 6 heteroatoms. The van der Waals surface area contributed by atoms with Crippen molar-refractivity contribution >= 4 is 38.8 Å². The fourth-order valence-electron chi connectivity index (χ4n) is 2.32. The molecule has 1 heterocycles. The second kappa shape index (κ2) is 7.33. The van der Waals surface area contributed by atoms with Gasteiger partial charge in [0, 0.05) is 47.9 Å². The number of nitrogens with zero attached hydrogens (tertiary/aromatic N) is 1. The van der Waals surface area contributed by atoms with E-state index in [0.29, 0.717) is 18.4 Å². The number of halogens is 1. The number of Topliss-reactive ketones (excluding diaryl/α,β-unsaturated/α-hetero) is 2. The van der Waals surface area contributed by atoms with Crippen molar-refractivity contribution in [2.75, 3.05) is 27.2 Å². The Balaban J connectivity index is 2.00. The van der Waals surface area contributed by atoms with Crippen LogP contribution in [0.3, 0.4) is 0 Å². The zero-order valence-electron chi connectivity index (χ0n) is 12.2. The second-order valence-electron chi connectivity index (χ2n) is 5.44. The normalized spacial score (nSPS) is 19.2. The Morgan fingerprint density at radius 2 is 2.00 bits per heavy atom. The summed E-state index contributed by atoms with van der Waals surface area (Å²) in [6.07, 6.45) is 2.40. The summed E-state index contributed by atoms with van der Waals surface area (Å²) in [5.74, 6) is -0.122. The van der Waals surface area contributed by atoms with E-state index in [0.717, 1.165) is 23.1 Å². The van der Waals surface area contributed by atoms with E-state index in [1.807, 2.05) is 29.8 Å². The van der Waals surface area contributed by atoms with E-state index in [9.17, 15) is 9.59 Å². The van der Waals surface area contributed by atoms with Gasteiger partial charge in [-0.3, -0.25) is 9.59 Å². The molecule has 0 bridgehead atoms. The maximum Gasteiger partial charge on any atom is 0.168 e. The highest BCUT2D eigenvalue weighted by atomic mass is 79.9. The number of nitrogens with one attached hydrogen (secondary N) is 1. The number of thiophene rings is 1. The van der Waals surface area contributed by atoms with Gasteiger partial charge in [0.15, 0.2) is 11.6 Å². The van der Waals surface area contributed by atoms with Gasteiger partial charge in [-0.1, -0.05) is 0 Å². The Kier molecular flexibility index (Phi) is 5.72. The molecule has 0 aromatic carbocycles. The van der Waals surface area contributed by atoms with E-state index in [-0.39, 0.29) is 17.5 Å². The minimum absolute atomic E-state index is 0.00421. The molecule has 0 radical (unpaired) electrons. The number of carbonyl (C=O) groups is 2. The summed E-state index contributed by atoms with van der Waals surface area (Å²) in [7, 11) is 3.96. The molecular formula is C15H19BrN2O2S. The third-order valence-electron chi connectivity index (χ3n) is 3.50. The van der Waals surface area contributed by atoms with Crippen LogP contribution in [0.2, 0.25) is 0 Å². The molecule has 0 unspecified atom stereocenters. The molecule has 0 amide bonds. The van der Waals surface area contributed by atoms with Gasteiger partial charge in [0.1, 0.15) is 0 Å². The molecule has 0 atom stereocenters. The highest BCUT2D eigenvalue weighted by molar-refractivity contribution is 9.10. The molecule has 1 aromatic heterocycles. The van der Waals surface area contributed by atoms with Crippen LogP contribution in [0.1, 0.15) is 24.3 Å². The summed E-state index contributed by atoms with van der Waals surface area (Å²) in [5, 5.41) is 7.05. The van der Waals surface area contributed by atoms with Gasteiger partial charge in [-0.15, -0.1) is 0 Å². The largest absolute Gasteiger partial charge is 0.389 e. The van der Waals surface area contributed by atoms with Crippen LogP contribution >= 0.6 is 27.3 Å². The van der Waals surface area contributed by atoms with Crippen molar-refractivity contribution in [3.8, 4) is 0 Å². The van der Waals surface area contributed by atoms with Crippen LogP contribution in [0.4, 0.5) is 0 Å². The average Bonchev–Trinajstić information content (AvgIpc) is 2.82. The highest BCUT2D eigenvalue weighted by Gasteiger charge is 2.32. The Labute approximate surface area is 137 Å². The Bertz CT molecular complexity index is 546. The smallest absolute Gasteiger partial charge is 0.168 e. The molecule has 4 nitrogen and oxygen atoms in total. The van der Waals surface area contributed by atoms with Gasteiger partial charge < -0.3 is 10.2 Å². The molecule has 1 aliphatic rings. The van der Waals surface area contributed by atoms with Crippen molar-refractivity contribution in [3.05, 3.63) is 32.6 Å². The zero-order chi connectivity index (χ0) is 15.4. The molecule has 2 rings (SSSR count). The van der Waals surface area contributed by atoms with Crippen LogP contribution in [-0.2, 0) is 9.59 Å². The van der Waals surface area contributed by atoms with Crippen molar-refractivity contribution in [2.45, 2.75) is 18.8 Å². The molecule has 1 fully saturated rings. The fourth-order valence-corrected chi connectivity index (χ4v) is 4.02. The predicted octanol–water partition coefficient (Wildman–Crippen LogP) is 2.56. The maximum absolute atomic E-state index is 12.2. The lowest BCUT2D eigenvalue weighted by molar-refractivity contribution is -0.124. The second-order valence-corrected chi connectivity index (χ2v) is 7.04. The van der Waals surface area contributed by atoms with E-state index < -0.39 is 0 Å². The standard InChI is InChI=1S/C15H19BrN2O2S/c1-18(2)4-3-17-7-11-14(19)5-10(6-15(11)20)12-8-21-9-13(12)16/h7-10,17H,3-6H2,1-2H3.